The molecule has 0 saturated heterocycles. The predicted molar refractivity (Wildman–Crippen MR) is 131 cm³/mol. The molecule has 1 aromatic heterocycles. The highest BCUT2D eigenvalue weighted by molar-refractivity contribution is 7.90. The Morgan fingerprint density at radius 2 is 1.76 bits per heavy atom. The molecule has 2 aromatic carbocycles. The SMILES string of the molecule is CCC1CCC(NC(=O)NS(=O)(=O)c2ccc(CCn3cnc4ccccc4c3=O)cc2)CC1. The molecule has 1 aliphatic carbocycles. The molecule has 34 heavy (non-hydrogen) atoms. The molecule has 2 N–H and O–H groups in total. The van der Waals surface area contributed by atoms with Crippen molar-refractivity contribution in [1.29, 1.82) is 0 Å². The average molecular weight is 483 g/mol. The lowest BCUT2D eigenvalue weighted by molar-refractivity contribution is 0.231. The van der Waals surface area contributed by atoms with E-state index >= 15 is 0 Å². The van der Waals surface area contributed by atoms with E-state index in [2.05, 4.69) is 21.9 Å². The highest BCUT2D eigenvalue weighted by atomic mass is 32.2. The summed E-state index contributed by atoms with van der Waals surface area (Å²) in [4.78, 5) is 29.2. The maximum atomic E-state index is 12.6. The lowest BCUT2D eigenvalue weighted by Crippen LogP contribution is -2.45. The summed E-state index contributed by atoms with van der Waals surface area (Å²) in [7, 11) is -3.97. The van der Waals surface area contributed by atoms with E-state index in [1.807, 2.05) is 6.07 Å². The van der Waals surface area contributed by atoms with Crippen molar-refractivity contribution < 1.29 is 13.2 Å². The maximum Gasteiger partial charge on any atom is 0.328 e. The smallest absolute Gasteiger partial charge is 0.328 e. The molecule has 0 unspecified atom stereocenters. The summed E-state index contributed by atoms with van der Waals surface area (Å²) >= 11 is 0. The van der Waals surface area contributed by atoms with Crippen LogP contribution in [0.4, 0.5) is 4.79 Å². The third kappa shape index (κ3) is 5.64. The largest absolute Gasteiger partial charge is 0.335 e. The molecule has 0 spiro atoms. The van der Waals surface area contributed by atoms with E-state index in [0.717, 1.165) is 37.7 Å². The first kappa shape index (κ1) is 23.9. The van der Waals surface area contributed by atoms with Crippen LogP contribution in [0.3, 0.4) is 0 Å². The first-order valence-electron chi connectivity index (χ1n) is 11.7. The van der Waals surface area contributed by atoms with Crippen LogP contribution in [0, 0.1) is 5.92 Å². The van der Waals surface area contributed by atoms with Crippen molar-refractivity contribution >= 4 is 27.0 Å². The minimum Gasteiger partial charge on any atom is -0.335 e. The molecule has 4 rings (SSSR count). The maximum absolute atomic E-state index is 12.6. The molecule has 0 radical (unpaired) electrons. The quantitative estimate of drug-likeness (QED) is 0.535. The molecular weight excluding hydrogens is 452 g/mol. The van der Waals surface area contributed by atoms with Gasteiger partial charge in [0, 0.05) is 12.6 Å². The Morgan fingerprint density at radius 1 is 1.06 bits per heavy atom. The van der Waals surface area contributed by atoms with Crippen LogP contribution in [0.25, 0.3) is 10.9 Å². The van der Waals surface area contributed by atoms with Gasteiger partial charge >= 0.3 is 6.03 Å². The number of hydrogen-bond donors (Lipinski definition) is 2. The number of benzene rings is 2. The van der Waals surface area contributed by atoms with E-state index in [4.69, 9.17) is 0 Å². The number of sulfonamides is 1. The van der Waals surface area contributed by atoms with Gasteiger partial charge in [-0.05, 0) is 67.9 Å². The number of rotatable bonds is 7. The predicted octanol–water partition coefficient (Wildman–Crippen LogP) is 3.60. The van der Waals surface area contributed by atoms with Gasteiger partial charge in [0.05, 0.1) is 22.1 Å². The van der Waals surface area contributed by atoms with Crippen LogP contribution in [0.1, 0.15) is 44.6 Å². The van der Waals surface area contributed by atoms with Crippen molar-refractivity contribution in [2.24, 2.45) is 5.92 Å². The minimum absolute atomic E-state index is 0.00776. The highest BCUT2D eigenvalue weighted by Gasteiger charge is 2.23. The average Bonchev–Trinajstić information content (AvgIpc) is 2.84. The zero-order valence-electron chi connectivity index (χ0n) is 19.2. The summed E-state index contributed by atoms with van der Waals surface area (Å²) < 4.78 is 28.9. The fourth-order valence-corrected chi connectivity index (χ4v) is 5.38. The van der Waals surface area contributed by atoms with Crippen molar-refractivity contribution in [3.63, 3.8) is 0 Å². The van der Waals surface area contributed by atoms with Gasteiger partial charge in [0.25, 0.3) is 15.6 Å². The number of hydrogen-bond acceptors (Lipinski definition) is 5. The first-order valence-corrected chi connectivity index (χ1v) is 13.2. The molecule has 0 aliphatic heterocycles. The molecule has 9 heteroatoms. The van der Waals surface area contributed by atoms with Crippen LogP contribution in [-0.4, -0.2) is 30.0 Å². The zero-order chi connectivity index (χ0) is 24.1. The van der Waals surface area contributed by atoms with Gasteiger partial charge in [-0.3, -0.25) is 9.36 Å². The van der Waals surface area contributed by atoms with Gasteiger partial charge in [-0.25, -0.2) is 22.9 Å². The van der Waals surface area contributed by atoms with E-state index in [0.29, 0.717) is 29.8 Å². The lowest BCUT2D eigenvalue weighted by Gasteiger charge is -2.28. The number of carbonyl (C=O) groups is 1. The van der Waals surface area contributed by atoms with Crippen molar-refractivity contribution in [3.8, 4) is 0 Å². The summed E-state index contributed by atoms with van der Waals surface area (Å²) in [5.74, 6) is 0.694. The molecule has 0 bridgehead atoms. The Labute approximate surface area is 199 Å². The Morgan fingerprint density at radius 3 is 2.47 bits per heavy atom. The molecule has 180 valence electrons. The van der Waals surface area contributed by atoms with Crippen LogP contribution in [0.5, 0.6) is 0 Å². The molecule has 8 nitrogen and oxygen atoms in total. The number of aryl methyl sites for hydroxylation is 2. The molecule has 0 atom stereocenters. The molecule has 1 fully saturated rings. The third-order valence-electron chi connectivity index (χ3n) is 6.59. The number of carbonyl (C=O) groups excluding carboxylic acids is 1. The van der Waals surface area contributed by atoms with Crippen LogP contribution in [0.2, 0.25) is 0 Å². The molecule has 2 amide bonds. The number of nitrogens with zero attached hydrogens (tertiary/aromatic N) is 2. The fraction of sp³-hybridized carbons (Fsp3) is 0.400. The van der Waals surface area contributed by atoms with Crippen molar-refractivity contribution in [2.45, 2.75) is 62.9 Å². The number of amides is 2. The van der Waals surface area contributed by atoms with Crippen LogP contribution in [-0.2, 0) is 23.0 Å². The number of urea groups is 1. The monoisotopic (exact) mass is 482 g/mol. The Kier molecular flexibility index (Phi) is 7.31. The topological polar surface area (TPSA) is 110 Å². The second-order valence-electron chi connectivity index (χ2n) is 8.86. The minimum atomic E-state index is -3.97. The molecule has 1 aliphatic rings. The zero-order valence-corrected chi connectivity index (χ0v) is 20.1. The van der Waals surface area contributed by atoms with Gasteiger partial charge in [0.2, 0.25) is 0 Å². The molecular formula is C25H30N4O4S. The molecule has 1 heterocycles. The van der Waals surface area contributed by atoms with E-state index in [1.165, 1.54) is 18.5 Å². The van der Waals surface area contributed by atoms with Gasteiger partial charge in [0.15, 0.2) is 0 Å². The Bertz CT molecular complexity index is 1310. The summed E-state index contributed by atoms with van der Waals surface area (Å²) in [6, 6.07) is 12.8. The van der Waals surface area contributed by atoms with Gasteiger partial charge < -0.3 is 5.32 Å². The second kappa shape index (κ2) is 10.4. The lowest BCUT2D eigenvalue weighted by atomic mass is 9.85. The van der Waals surface area contributed by atoms with E-state index < -0.39 is 16.1 Å². The van der Waals surface area contributed by atoms with Crippen LogP contribution in [0.15, 0.2) is 64.5 Å². The second-order valence-corrected chi connectivity index (χ2v) is 10.5. The van der Waals surface area contributed by atoms with E-state index in [1.54, 1.807) is 34.9 Å². The number of fused-ring (bicyclic) bond motifs is 1. The van der Waals surface area contributed by atoms with Gasteiger partial charge in [0.1, 0.15) is 0 Å². The van der Waals surface area contributed by atoms with Crippen molar-refractivity contribution in [2.75, 3.05) is 0 Å². The summed E-state index contributed by atoms with van der Waals surface area (Å²) in [5, 5.41) is 3.35. The first-order chi connectivity index (χ1) is 16.4. The fourth-order valence-electron chi connectivity index (χ4n) is 4.46. The summed E-state index contributed by atoms with van der Waals surface area (Å²) in [5.41, 5.74) is 1.42. The molecule has 1 saturated carbocycles. The Hall–Kier alpha value is -3.20. The summed E-state index contributed by atoms with van der Waals surface area (Å²) in [6.45, 7) is 2.59. The van der Waals surface area contributed by atoms with E-state index in [-0.39, 0.29) is 16.5 Å². The number of para-hydroxylation sites is 1. The normalized spacial score (nSPS) is 18.5. The number of aromatic nitrogens is 2. The van der Waals surface area contributed by atoms with Crippen LogP contribution < -0.4 is 15.6 Å². The number of nitrogens with one attached hydrogen (secondary N) is 2. The summed E-state index contributed by atoms with van der Waals surface area (Å²) in [6.07, 6.45) is 7.05. The van der Waals surface area contributed by atoms with Gasteiger partial charge in [-0.1, -0.05) is 37.6 Å². The van der Waals surface area contributed by atoms with Gasteiger partial charge in [-0.2, -0.15) is 0 Å². The third-order valence-corrected chi connectivity index (χ3v) is 7.94. The van der Waals surface area contributed by atoms with Crippen molar-refractivity contribution in [1.82, 2.24) is 19.6 Å². The Balaban J connectivity index is 1.34. The molecule has 3 aromatic rings. The van der Waals surface area contributed by atoms with E-state index in [9.17, 15) is 18.0 Å². The van der Waals surface area contributed by atoms with Crippen molar-refractivity contribution in [3.05, 3.63) is 70.8 Å². The van der Waals surface area contributed by atoms with Gasteiger partial charge in [-0.15, -0.1) is 0 Å². The van der Waals surface area contributed by atoms with Crippen LogP contribution >= 0.6 is 0 Å². The standard InChI is InChI=1S/C25H30N4O4S/c1-2-18-7-11-20(12-8-18)27-25(31)28-34(32,33)21-13-9-19(10-14-21)15-16-29-17-26-23-6-4-3-5-22(23)24(29)30/h3-6,9-10,13-14,17-18,20H,2,7-8,11-12,15-16H2,1H3,(H2,27,28,31). The highest BCUT2D eigenvalue weighted by Crippen LogP contribution is 2.26.